The van der Waals surface area contributed by atoms with Gasteiger partial charge in [0.2, 0.25) is 0 Å². The summed E-state index contributed by atoms with van der Waals surface area (Å²) in [6.07, 6.45) is 0. The molecule has 4 heteroatoms. The van der Waals surface area contributed by atoms with Gasteiger partial charge in [-0.3, -0.25) is 0 Å². The average molecular weight is 762 g/mol. The minimum atomic E-state index is 0.0253. The van der Waals surface area contributed by atoms with E-state index in [2.05, 4.69) is 227 Å². The van der Waals surface area contributed by atoms with Crippen LogP contribution in [0.2, 0.25) is 0 Å². The van der Waals surface area contributed by atoms with Crippen molar-refractivity contribution < 1.29 is 0 Å². The summed E-state index contributed by atoms with van der Waals surface area (Å²) in [5, 5.41) is 0. The number of hydrogen-bond acceptors (Lipinski definition) is 3. The molecule has 0 radical (unpaired) electrons. The molecule has 10 rings (SSSR count). The Bertz CT molecular complexity index is 2850. The lowest BCUT2D eigenvalue weighted by Gasteiger charge is -2.45. The van der Waals surface area contributed by atoms with Crippen molar-refractivity contribution in [1.82, 2.24) is 0 Å². The van der Waals surface area contributed by atoms with Crippen LogP contribution >= 0.6 is 0 Å². The standard InChI is InChI=1S/C55H48BN3/c1-35-8-19-42(20-9-35)47-30-39(5)16-27-50(47)59-52-29-18-41(7)32-49(52)56-48-31-40(6)17-28-51(48)58(45-25-14-38(4)15-26-45)53-33-46(34-54(59)55(53)56)57(43-21-10-36(2)11-22-43)44-23-12-37(3)13-24-44/h8-34H,1-7H3. The van der Waals surface area contributed by atoms with Crippen molar-refractivity contribution in [2.45, 2.75) is 48.5 Å². The maximum absolute atomic E-state index is 2.57. The molecule has 2 aliphatic rings. The molecule has 0 atom stereocenters. The Labute approximate surface area is 349 Å². The monoisotopic (exact) mass is 761 g/mol. The number of hydrogen-bond donors (Lipinski definition) is 0. The Balaban J connectivity index is 1.35. The molecule has 0 saturated heterocycles. The van der Waals surface area contributed by atoms with Gasteiger partial charge >= 0.3 is 0 Å². The predicted molar refractivity (Wildman–Crippen MR) is 254 cm³/mol. The molecule has 2 heterocycles. The third-order valence-corrected chi connectivity index (χ3v) is 12.3. The lowest BCUT2D eigenvalue weighted by molar-refractivity contribution is 1.22. The van der Waals surface area contributed by atoms with Gasteiger partial charge < -0.3 is 14.7 Å². The molecule has 0 aliphatic carbocycles. The molecule has 2 aliphatic heterocycles. The van der Waals surface area contributed by atoms with Crippen molar-refractivity contribution in [1.29, 1.82) is 0 Å². The van der Waals surface area contributed by atoms with Gasteiger partial charge in [-0.1, -0.05) is 130 Å². The second-order valence-electron chi connectivity index (χ2n) is 16.9. The topological polar surface area (TPSA) is 9.72 Å². The minimum Gasteiger partial charge on any atom is -0.311 e. The first-order valence-electron chi connectivity index (χ1n) is 20.8. The first-order valence-corrected chi connectivity index (χ1v) is 20.8. The van der Waals surface area contributed by atoms with Crippen molar-refractivity contribution in [3.05, 3.63) is 203 Å². The Hall–Kier alpha value is -6.78. The number of anilines is 9. The van der Waals surface area contributed by atoms with Gasteiger partial charge in [-0.05, 0) is 143 Å². The molecule has 0 saturated carbocycles. The zero-order valence-corrected chi connectivity index (χ0v) is 35.0. The summed E-state index contributed by atoms with van der Waals surface area (Å²) in [6, 6.07) is 61.9. The summed E-state index contributed by atoms with van der Waals surface area (Å²) in [7, 11) is 0. The van der Waals surface area contributed by atoms with Gasteiger partial charge in [-0.25, -0.2) is 0 Å². The van der Waals surface area contributed by atoms with Crippen LogP contribution in [0.4, 0.5) is 51.2 Å². The Morgan fingerprint density at radius 3 is 1.27 bits per heavy atom. The number of rotatable bonds is 6. The fourth-order valence-corrected chi connectivity index (χ4v) is 9.23. The van der Waals surface area contributed by atoms with Gasteiger partial charge in [-0.2, -0.15) is 0 Å². The fraction of sp³-hybridized carbons (Fsp3) is 0.127. The normalized spacial score (nSPS) is 12.6. The second-order valence-corrected chi connectivity index (χ2v) is 16.9. The Morgan fingerprint density at radius 1 is 0.339 bits per heavy atom. The van der Waals surface area contributed by atoms with Gasteiger partial charge in [0, 0.05) is 45.4 Å². The Morgan fingerprint density at radius 2 is 0.746 bits per heavy atom. The van der Waals surface area contributed by atoms with Crippen LogP contribution in [0, 0.1) is 48.5 Å². The molecule has 0 amide bonds. The van der Waals surface area contributed by atoms with E-state index in [1.165, 1.54) is 89.2 Å². The van der Waals surface area contributed by atoms with Crippen LogP contribution in [0.1, 0.15) is 38.9 Å². The highest BCUT2D eigenvalue weighted by Crippen LogP contribution is 2.49. The third-order valence-electron chi connectivity index (χ3n) is 12.3. The van der Waals surface area contributed by atoms with Crippen LogP contribution in [-0.2, 0) is 0 Å². The van der Waals surface area contributed by atoms with Crippen molar-refractivity contribution >= 4 is 74.3 Å². The van der Waals surface area contributed by atoms with Gasteiger partial charge in [0.25, 0.3) is 6.71 Å². The number of benzene rings is 8. The van der Waals surface area contributed by atoms with Gasteiger partial charge in [-0.15, -0.1) is 0 Å². The summed E-state index contributed by atoms with van der Waals surface area (Å²) in [4.78, 5) is 7.52. The van der Waals surface area contributed by atoms with E-state index in [-0.39, 0.29) is 6.71 Å². The van der Waals surface area contributed by atoms with Gasteiger partial charge in [0.15, 0.2) is 0 Å². The lowest BCUT2D eigenvalue weighted by Crippen LogP contribution is -2.61. The summed E-state index contributed by atoms with van der Waals surface area (Å²) in [6.45, 7) is 15.3. The highest BCUT2D eigenvalue weighted by atomic mass is 15.2. The Kier molecular flexibility index (Phi) is 8.83. The molecule has 0 unspecified atom stereocenters. The van der Waals surface area contributed by atoms with E-state index in [1.807, 2.05) is 0 Å². The SMILES string of the molecule is Cc1ccc(-c2cc(C)ccc2N2c3ccc(C)cc3B3c4cc(C)ccc4N(c4ccc(C)cc4)c4cc(N(c5ccc(C)cc5)c5ccc(C)cc5)cc2c43)cc1. The third kappa shape index (κ3) is 6.31. The zero-order chi connectivity index (χ0) is 40.5. The average Bonchev–Trinajstić information content (AvgIpc) is 3.23. The van der Waals surface area contributed by atoms with E-state index < -0.39 is 0 Å². The molecule has 0 N–H and O–H groups in total. The molecular weight excluding hydrogens is 713 g/mol. The van der Waals surface area contributed by atoms with Gasteiger partial charge in [0.05, 0.1) is 11.4 Å². The fourth-order valence-electron chi connectivity index (χ4n) is 9.23. The summed E-state index contributed by atoms with van der Waals surface area (Å²) in [5.74, 6) is 0. The van der Waals surface area contributed by atoms with E-state index in [1.54, 1.807) is 0 Å². The van der Waals surface area contributed by atoms with Crippen molar-refractivity contribution in [2.75, 3.05) is 14.7 Å². The van der Waals surface area contributed by atoms with Crippen LogP contribution in [0.3, 0.4) is 0 Å². The van der Waals surface area contributed by atoms with Crippen LogP contribution < -0.4 is 31.1 Å². The highest BCUT2D eigenvalue weighted by molar-refractivity contribution is 7.00. The molecule has 0 bridgehead atoms. The van der Waals surface area contributed by atoms with Crippen molar-refractivity contribution in [3.63, 3.8) is 0 Å². The van der Waals surface area contributed by atoms with Gasteiger partial charge in [0.1, 0.15) is 0 Å². The first-order chi connectivity index (χ1) is 28.6. The second kappa shape index (κ2) is 14.3. The van der Waals surface area contributed by atoms with Crippen LogP contribution in [-0.4, -0.2) is 6.71 Å². The maximum atomic E-state index is 2.57. The first kappa shape index (κ1) is 36.6. The molecular formula is C55H48BN3. The minimum absolute atomic E-state index is 0.0253. The highest BCUT2D eigenvalue weighted by Gasteiger charge is 2.44. The van der Waals surface area contributed by atoms with Crippen molar-refractivity contribution in [2.24, 2.45) is 0 Å². The zero-order valence-electron chi connectivity index (χ0n) is 35.0. The molecule has 0 fully saturated rings. The molecule has 8 aromatic rings. The number of fused-ring (bicyclic) bond motifs is 4. The van der Waals surface area contributed by atoms with E-state index >= 15 is 0 Å². The smallest absolute Gasteiger partial charge is 0.252 e. The van der Waals surface area contributed by atoms with E-state index in [0.717, 1.165) is 28.4 Å². The van der Waals surface area contributed by atoms with Crippen LogP contribution in [0.15, 0.2) is 164 Å². The number of nitrogens with zero attached hydrogens (tertiary/aromatic N) is 3. The summed E-state index contributed by atoms with van der Waals surface area (Å²) < 4.78 is 0. The molecule has 286 valence electrons. The summed E-state index contributed by atoms with van der Waals surface area (Å²) in [5.41, 5.74) is 25.6. The molecule has 3 nitrogen and oxygen atoms in total. The maximum Gasteiger partial charge on any atom is 0.252 e. The van der Waals surface area contributed by atoms with E-state index in [4.69, 9.17) is 0 Å². The van der Waals surface area contributed by atoms with Crippen LogP contribution in [0.25, 0.3) is 11.1 Å². The molecule has 0 spiro atoms. The number of aryl methyl sites for hydroxylation is 7. The lowest BCUT2D eigenvalue weighted by atomic mass is 9.33. The quantitative estimate of drug-likeness (QED) is 0.156. The molecule has 0 aromatic heterocycles. The molecule has 59 heavy (non-hydrogen) atoms. The van der Waals surface area contributed by atoms with E-state index in [0.29, 0.717) is 0 Å². The largest absolute Gasteiger partial charge is 0.311 e. The van der Waals surface area contributed by atoms with Crippen LogP contribution in [0.5, 0.6) is 0 Å². The summed E-state index contributed by atoms with van der Waals surface area (Å²) >= 11 is 0. The van der Waals surface area contributed by atoms with Crippen molar-refractivity contribution in [3.8, 4) is 11.1 Å². The van der Waals surface area contributed by atoms with E-state index in [9.17, 15) is 0 Å². The predicted octanol–water partition coefficient (Wildman–Crippen LogP) is 13.1. The molecule has 8 aromatic carbocycles.